The normalized spacial score (nSPS) is 9.74. The van der Waals surface area contributed by atoms with E-state index in [4.69, 9.17) is 22.3 Å². The summed E-state index contributed by atoms with van der Waals surface area (Å²) in [5.41, 5.74) is 2.01. The van der Waals surface area contributed by atoms with E-state index in [1.165, 1.54) is 6.20 Å². The van der Waals surface area contributed by atoms with Crippen LogP contribution in [-0.4, -0.2) is 22.7 Å². The number of benzene rings is 1. The first-order chi connectivity index (χ1) is 9.17. The number of rotatable bonds is 3. The van der Waals surface area contributed by atoms with Gasteiger partial charge in [0.1, 0.15) is 11.8 Å². The van der Waals surface area contributed by atoms with E-state index in [9.17, 15) is 0 Å². The van der Waals surface area contributed by atoms with Gasteiger partial charge in [-0.15, -0.1) is 0 Å². The van der Waals surface area contributed by atoms with Crippen molar-refractivity contribution in [1.82, 2.24) is 9.97 Å². The van der Waals surface area contributed by atoms with Crippen molar-refractivity contribution in [3.8, 4) is 6.07 Å². The minimum Gasteiger partial charge on any atom is -0.388 e. The number of hydrogen-bond donors (Lipinski definition) is 2. The molecule has 0 saturated carbocycles. The summed E-state index contributed by atoms with van der Waals surface area (Å²) in [6, 6.07) is 9.28. The van der Waals surface area contributed by atoms with E-state index in [2.05, 4.69) is 15.3 Å². The molecule has 0 aliphatic rings. The molecule has 19 heavy (non-hydrogen) atoms. The molecule has 0 saturated heterocycles. The summed E-state index contributed by atoms with van der Waals surface area (Å²) in [6.07, 6.45) is 1.32. The van der Waals surface area contributed by atoms with E-state index in [1.54, 1.807) is 13.1 Å². The summed E-state index contributed by atoms with van der Waals surface area (Å²) in [6.45, 7) is 0. The Hall–Kier alpha value is -2.45. The minimum absolute atomic E-state index is 0.0145. The van der Waals surface area contributed by atoms with Crippen LogP contribution < -0.4 is 5.32 Å². The lowest BCUT2D eigenvalue weighted by Gasteiger charge is -2.10. The molecule has 1 aromatic carbocycles. The largest absolute Gasteiger partial charge is 0.388 e. The number of anilines is 1. The Balaban J connectivity index is 2.56. The summed E-state index contributed by atoms with van der Waals surface area (Å²) in [4.78, 5) is 7.72. The van der Waals surface area contributed by atoms with Crippen molar-refractivity contribution in [3.63, 3.8) is 0 Å². The predicted molar refractivity (Wildman–Crippen MR) is 73.7 cm³/mol. The molecular weight excluding hydrogens is 262 g/mol. The van der Waals surface area contributed by atoms with Crippen LogP contribution in [0.15, 0.2) is 30.5 Å². The molecule has 2 N–H and O–H groups in total. The smallest absolute Gasteiger partial charge is 0.223 e. The fourth-order valence-corrected chi connectivity index (χ4v) is 1.81. The summed E-state index contributed by atoms with van der Waals surface area (Å²) < 4.78 is 0. The SMILES string of the molecule is CNc1ccccc1C(=N)c1nc(Cl)ncc1C#N. The first-order valence-corrected chi connectivity index (χ1v) is 5.84. The van der Waals surface area contributed by atoms with Gasteiger partial charge in [0, 0.05) is 18.3 Å². The highest BCUT2D eigenvalue weighted by atomic mass is 35.5. The molecule has 0 radical (unpaired) electrons. The highest BCUT2D eigenvalue weighted by molar-refractivity contribution is 6.28. The summed E-state index contributed by atoms with van der Waals surface area (Å²) in [7, 11) is 1.77. The molecule has 0 fully saturated rings. The second-order valence-electron chi connectivity index (χ2n) is 3.68. The maximum absolute atomic E-state index is 9.05. The third-order valence-electron chi connectivity index (χ3n) is 2.58. The van der Waals surface area contributed by atoms with Crippen molar-refractivity contribution in [2.24, 2.45) is 0 Å². The van der Waals surface area contributed by atoms with Crippen molar-refractivity contribution >= 4 is 23.0 Å². The first kappa shape index (κ1) is 13.0. The van der Waals surface area contributed by atoms with Gasteiger partial charge in [-0.25, -0.2) is 9.97 Å². The van der Waals surface area contributed by atoms with Crippen LogP contribution in [0.3, 0.4) is 0 Å². The highest BCUT2D eigenvalue weighted by Gasteiger charge is 2.15. The second-order valence-corrected chi connectivity index (χ2v) is 4.02. The number of nitrogens with zero attached hydrogens (tertiary/aromatic N) is 3. The monoisotopic (exact) mass is 271 g/mol. The van der Waals surface area contributed by atoms with Crippen LogP contribution in [0.4, 0.5) is 5.69 Å². The van der Waals surface area contributed by atoms with Crippen LogP contribution in [0.25, 0.3) is 0 Å². The minimum atomic E-state index is 0.0145. The molecule has 0 aliphatic carbocycles. The quantitative estimate of drug-likeness (QED) is 0.663. The van der Waals surface area contributed by atoms with Gasteiger partial charge in [0.25, 0.3) is 0 Å². The fourth-order valence-electron chi connectivity index (χ4n) is 1.68. The Kier molecular flexibility index (Phi) is 3.74. The van der Waals surface area contributed by atoms with Crippen LogP contribution in [-0.2, 0) is 0 Å². The molecule has 1 aromatic heterocycles. The maximum Gasteiger partial charge on any atom is 0.223 e. The van der Waals surface area contributed by atoms with E-state index in [1.807, 2.05) is 24.3 Å². The van der Waals surface area contributed by atoms with Gasteiger partial charge in [0.15, 0.2) is 0 Å². The summed E-state index contributed by atoms with van der Waals surface area (Å²) in [5, 5.41) is 20.3. The first-order valence-electron chi connectivity index (χ1n) is 5.46. The lowest BCUT2D eigenvalue weighted by atomic mass is 10.0. The highest BCUT2D eigenvalue weighted by Crippen LogP contribution is 2.20. The van der Waals surface area contributed by atoms with E-state index in [0.29, 0.717) is 5.56 Å². The number of nitriles is 1. The number of halogens is 1. The molecule has 0 spiro atoms. The van der Waals surface area contributed by atoms with Gasteiger partial charge in [0.2, 0.25) is 5.28 Å². The van der Waals surface area contributed by atoms with Crippen molar-refractivity contribution in [3.05, 3.63) is 52.6 Å². The van der Waals surface area contributed by atoms with Crippen molar-refractivity contribution in [1.29, 1.82) is 10.7 Å². The zero-order valence-corrected chi connectivity index (χ0v) is 10.9. The molecule has 6 heteroatoms. The number of para-hydroxylation sites is 1. The number of aromatic nitrogens is 2. The molecule has 2 rings (SSSR count). The van der Waals surface area contributed by atoms with Gasteiger partial charge in [-0.1, -0.05) is 18.2 Å². The number of nitrogens with one attached hydrogen (secondary N) is 2. The fraction of sp³-hybridized carbons (Fsp3) is 0.0769. The molecule has 2 aromatic rings. The Labute approximate surface area is 115 Å². The van der Waals surface area contributed by atoms with Gasteiger partial charge < -0.3 is 5.32 Å². The van der Waals surface area contributed by atoms with E-state index in [0.717, 1.165) is 5.69 Å². The van der Waals surface area contributed by atoms with Crippen LogP contribution in [0, 0.1) is 16.7 Å². The average Bonchev–Trinajstić information content (AvgIpc) is 2.46. The molecule has 0 unspecified atom stereocenters. The third-order valence-corrected chi connectivity index (χ3v) is 2.76. The Morgan fingerprint density at radius 1 is 1.42 bits per heavy atom. The Bertz CT molecular complexity index is 675. The lowest BCUT2D eigenvalue weighted by Crippen LogP contribution is -2.10. The zero-order chi connectivity index (χ0) is 13.8. The van der Waals surface area contributed by atoms with Gasteiger partial charge in [-0.2, -0.15) is 5.26 Å². The van der Waals surface area contributed by atoms with E-state index in [-0.39, 0.29) is 22.3 Å². The Morgan fingerprint density at radius 2 is 2.16 bits per heavy atom. The second kappa shape index (κ2) is 5.46. The van der Waals surface area contributed by atoms with Crippen molar-refractivity contribution < 1.29 is 0 Å². The van der Waals surface area contributed by atoms with Gasteiger partial charge in [-0.05, 0) is 17.7 Å². The van der Waals surface area contributed by atoms with Crippen molar-refractivity contribution in [2.45, 2.75) is 0 Å². The van der Waals surface area contributed by atoms with Crippen LogP contribution in [0.5, 0.6) is 0 Å². The van der Waals surface area contributed by atoms with Gasteiger partial charge >= 0.3 is 0 Å². The van der Waals surface area contributed by atoms with Gasteiger partial charge in [-0.3, -0.25) is 5.41 Å². The summed E-state index contributed by atoms with van der Waals surface area (Å²) in [5.74, 6) is 0. The number of hydrogen-bond acceptors (Lipinski definition) is 5. The van der Waals surface area contributed by atoms with Gasteiger partial charge in [0.05, 0.1) is 17.5 Å². The molecule has 0 atom stereocenters. The molecule has 0 amide bonds. The third kappa shape index (κ3) is 2.54. The Morgan fingerprint density at radius 3 is 2.84 bits per heavy atom. The molecule has 94 valence electrons. The average molecular weight is 272 g/mol. The van der Waals surface area contributed by atoms with Crippen LogP contribution in [0.2, 0.25) is 5.28 Å². The van der Waals surface area contributed by atoms with Crippen molar-refractivity contribution in [2.75, 3.05) is 12.4 Å². The predicted octanol–water partition coefficient (Wildman–Crippen LogP) is 2.46. The van der Waals surface area contributed by atoms with E-state index >= 15 is 0 Å². The maximum atomic E-state index is 9.05. The van der Waals surface area contributed by atoms with E-state index < -0.39 is 0 Å². The topological polar surface area (TPSA) is 85.5 Å². The molecule has 0 bridgehead atoms. The lowest BCUT2D eigenvalue weighted by molar-refractivity contribution is 1.13. The van der Waals surface area contributed by atoms with Crippen LogP contribution >= 0.6 is 11.6 Å². The summed E-state index contributed by atoms with van der Waals surface area (Å²) >= 11 is 5.74. The molecule has 1 heterocycles. The zero-order valence-electron chi connectivity index (χ0n) is 10.1. The molecular formula is C13H10ClN5. The molecule has 5 nitrogen and oxygen atoms in total. The standard InChI is InChI=1S/C13H10ClN5/c1-17-10-5-3-2-4-9(10)11(16)12-8(6-15)7-18-13(14)19-12/h2-5,7,16-17H,1H3. The van der Waals surface area contributed by atoms with Crippen LogP contribution in [0.1, 0.15) is 16.8 Å². The molecule has 0 aliphatic heterocycles.